The number of nitrogens with zero attached hydrogens (tertiary/aromatic N) is 1. The third-order valence-electron chi connectivity index (χ3n) is 6.40. The molecule has 2 aromatic carbocycles. The summed E-state index contributed by atoms with van der Waals surface area (Å²) in [5, 5.41) is 2.93. The number of amides is 1. The second kappa shape index (κ2) is 14.1. The van der Waals surface area contributed by atoms with Crippen LogP contribution in [0, 0.1) is 5.92 Å². The molecule has 0 unspecified atom stereocenters. The third-order valence-corrected chi connectivity index (χ3v) is 6.40. The van der Waals surface area contributed by atoms with Gasteiger partial charge in [0.2, 0.25) is 5.91 Å². The number of allylic oxidation sites excluding steroid dienone is 5. The number of ketones is 1. The van der Waals surface area contributed by atoms with Crippen LogP contribution in [0.3, 0.4) is 0 Å². The van der Waals surface area contributed by atoms with Crippen LogP contribution in [-0.4, -0.2) is 24.6 Å². The topological polar surface area (TPSA) is 58.5 Å². The van der Waals surface area contributed by atoms with Gasteiger partial charge in [-0.1, -0.05) is 79.2 Å². The van der Waals surface area contributed by atoms with Crippen molar-refractivity contribution in [3.05, 3.63) is 101 Å². The van der Waals surface area contributed by atoms with Crippen LogP contribution < -0.4 is 5.32 Å². The average molecular weight is 483 g/mol. The molecule has 1 aliphatic carbocycles. The second-order valence-corrected chi connectivity index (χ2v) is 9.35. The molecular weight excluding hydrogens is 444 g/mol. The first-order valence-electron chi connectivity index (χ1n) is 13.0. The molecular formula is C32H38N2O2. The molecule has 0 radical (unpaired) electrons. The molecule has 4 heteroatoms. The standard InChI is InChI=1S/C32H38N2O2/c1-4-5-15-29(24(2)23-31(33-3)34-32(36)28-21-22-28)26-17-19-27(20-18-26)30(35)16-11-7-10-14-25-12-8-6-9-13-25/h4-6,8-9,12-13,15,17-20,23,28H,7,10-11,14,16,21-22H2,1-3H3,(H,33,34,36). The molecule has 1 saturated carbocycles. The number of Topliss-reactive ketones (excluding diaryl/α,β-unsaturated/α-hetero) is 1. The van der Waals surface area contributed by atoms with Crippen LogP contribution in [0.1, 0.15) is 73.9 Å². The molecule has 0 saturated heterocycles. The lowest BCUT2D eigenvalue weighted by Gasteiger charge is -2.11. The fraction of sp³-hybridized carbons (Fsp3) is 0.344. The minimum atomic E-state index is 0.0431. The van der Waals surface area contributed by atoms with Crippen molar-refractivity contribution in [3.8, 4) is 0 Å². The molecule has 1 aliphatic rings. The summed E-state index contributed by atoms with van der Waals surface area (Å²) in [5.41, 5.74) is 5.14. The van der Waals surface area contributed by atoms with Crippen LogP contribution >= 0.6 is 0 Å². The van der Waals surface area contributed by atoms with Gasteiger partial charge in [0, 0.05) is 24.9 Å². The molecule has 3 rings (SSSR count). The van der Waals surface area contributed by atoms with Crippen LogP contribution in [0.25, 0.3) is 5.57 Å². The van der Waals surface area contributed by atoms with Gasteiger partial charge in [0.1, 0.15) is 5.84 Å². The van der Waals surface area contributed by atoms with Crippen LogP contribution in [0.15, 0.2) is 89.5 Å². The molecule has 1 fully saturated rings. The van der Waals surface area contributed by atoms with Gasteiger partial charge >= 0.3 is 0 Å². The summed E-state index contributed by atoms with van der Waals surface area (Å²) in [5.74, 6) is 0.926. The first-order valence-corrected chi connectivity index (χ1v) is 13.0. The monoisotopic (exact) mass is 482 g/mol. The van der Waals surface area contributed by atoms with E-state index < -0.39 is 0 Å². The molecule has 0 aliphatic heterocycles. The van der Waals surface area contributed by atoms with Crippen LogP contribution in [-0.2, 0) is 11.2 Å². The van der Waals surface area contributed by atoms with E-state index in [0.29, 0.717) is 12.3 Å². The second-order valence-electron chi connectivity index (χ2n) is 9.35. The molecule has 1 amide bonds. The molecule has 188 valence electrons. The predicted molar refractivity (Wildman–Crippen MR) is 150 cm³/mol. The number of nitrogens with one attached hydrogen (secondary N) is 1. The zero-order valence-electron chi connectivity index (χ0n) is 21.8. The zero-order valence-corrected chi connectivity index (χ0v) is 21.8. The summed E-state index contributed by atoms with van der Waals surface area (Å²) in [6, 6.07) is 18.3. The molecule has 36 heavy (non-hydrogen) atoms. The Balaban J connectivity index is 1.59. The molecule has 0 atom stereocenters. The smallest absolute Gasteiger partial charge is 0.228 e. The van der Waals surface area contributed by atoms with E-state index in [1.165, 1.54) is 5.56 Å². The summed E-state index contributed by atoms with van der Waals surface area (Å²) < 4.78 is 0. The van der Waals surface area contributed by atoms with Crippen molar-refractivity contribution in [2.24, 2.45) is 10.9 Å². The van der Waals surface area contributed by atoms with Crippen molar-refractivity contribution >= 4 is 23.1 Å². The average Bonchev–Trinajstić information content (AvgIpc) is 3.75. The highest BCUT2D eigenvalue weighted by Gasteiger charge is 2.29. The summed E-state index contributed by atoms with van der Waals surface area (Å²) in [6.07, 6.45) is 14.5. The number of aryl methyl sites for hydroxylation is 1. The van der Waals surface area contributed by atoms with Crippen molar-refractivity contribution in [2.75, 3.05) is 7.05 Å². The first kappa shape index (κ1) is 27.1. The number of hydrogen-bond acceptors (Lipinski definition) is 3. The molecule has 0 spiro atoms. The van der Waals surface area contributed by atoms with Crippen molar-refractivity contribution in [2.45, 2.75) is 58.8 Å². The fourth-order valence-corrected chi connectivity index (χ4v) is 4.08. The fourth-order valence-electron chi connectivity index (χ4n) is 4.08. The van der Waals surface area contributed by atoms with E-state index in [1.54, 1.807) is 7.05 Å². The number of hydrogen-bond donors (Lipinski definition) is 1. The van der Waals surface area contributed by atoms with Gasteiger partial charge in [-0.3, -0.25) is 14.6 Å². The number of aliphatic imine (C=N–C) groups is 1. The summed E-state index contributed by atoms with van der Waals surface area (Å²) >= 11 is 0. The van der Waals surface area contributed by atoms with E-state index >= 15 is 0 Å². The van der Waals surface area contributed by atoms with Gasteiger partial charge in [0.15, 0.2) is 5.78 Å². The largest absolute Gasteiger partial charge is 0.311 e. The predicted octanol–water partition coefficient (Wildman–Crippen LogP) is 7.13. The van der Waals surface area contributed by atoms with Crippen molar-refractivity contribution in [1.82, 2.24) is 5.32 Å². The Bertz CT molecular complexity index is 1130. The minimum Gasteiger partial charge on any atom is -0.311 e. The summed E-state index contributed by atoms with van der Waals surface area (Å²) in [7, 11) is 1.68. The summed E-state index contributed by atoms with van der Waals surface area (Å²) in [4.78, 5) is 29.1. The van der Waals surface area contributed by atoms with Crippen molar-refractivity contribution in [1.29, 1.82) is 0 Å². The van der Waals surface area contributed by atoms with Crippen molar-refractivity contribution in [3.63, 3.8) is 0 Å². The molecule has 1 N–H and O–H groups in total. The van der Waals surface area contributed by atoms with Gasteiger partial charge in [-0.25, -0.2) is 0 Å². The lowest BCUT2D eigenvalue weighted by atomic mass is 9.95. The third kappa shape index (κ3) is 8.60. The maximum absolute atomic E-state index is 12.7. The maximum atomic E-state index is 12.7. The first-order chi connectivity index (χ1) is 17.5. The van der Waals surface area contributed by atoms with Gasteiger partial charge < -0.3 is 5.32 Å². The molecule has 0 heterocycles. The molecule has 4 nitrogen and oxygen atoms in total. The Kier molecular flexibility index (Phi) is 10.6. The summed E-state index contributed by atoms with van der Waals surface area (Å²) in [6.45, 7) is 3.99. The Labute approximate surface area is 215 Å². The Morgan fingerprint density at radius 1 is 0.972 bits per heavy atom. The molecule has 0 bridgehead atoms. The molecule has 0 aromatic heterocycles. The Morgan fingerprint density at radius 2 is 1.67 bits per heavy atom. The SMILES string of the molecule is CC=CC=C(C(C)=CC(=NC)NC(=O)C1CC1)c1ccc(C(=O)CCCCCc2ccccc2)cc1. The number of unbranched alkanes of at least 4 members (excludes halogenated alkanes) is 2. The number of rotatable bonds is 12. The van der Waals surface area contributed by atoms with E-state index in [-0.39, 0.29) is 17.6 Å². The number of amidine groups is 1. The van der Waals surface area contributed by atoms with E-state index in [0.717, 1.165) is 60.8 Å². The van der Waals surface area contributed by atoms with Gasteiger partial charge in [0.05, 0.1) is 0 Å². The van der Waals surface area contributed by atoms with Gasteiger partial charge in [-0.15, -0.1) is 0 Å². The highest BCUT2D eigenvalue weighted by Crippen LogP contribution is 2.29. The van der Waals surface area contributed by atoms with Crippen molar-refractivity contribution < 1.29 is 9.59 Å². The quantitative estimate of drug-likeness (QED) is 0.115. The lowest BCUT2D eigenvalue weighted by Crippen LogP contribution is -2.30. The van der Waals surface area contributed by atoms with E-state index in [2.05, 4.69) is 34.6 Å². The van der Waals surface area contributed by atoms with Crippen LogP contribution in [0.4, 0.5) is 0 Å². The van der Waals surface area contributed by atoms with E-state index in [1.807, 2.05) is 68.5 Å². The Hall–Kier alpha value is -3.53. The highest BCUT2D eigenvalue weighted by atomic mass is 16.2. The Morgan fingerprint density at radius 3 is 2.31 bits per heavy atom. The van der Waals surface area contributed by atoms with Gasteiger partial charge in [-0.2, -0.15) is 0 Å². The van der Waals surface area contributed by atoms with Gasteiger partial charge in [-0.05, 0) is 74.3 Å². The normalized spacial score (nSPS) is 14.8. The lowest BCUT2D eigenvalue weighted by molar-refractivity contribution is -0.120. The minimum absolute atomic E-state index is 0.0431. The number of carbonyl (C=O) groups is 2. The van der Waals surface area contributed by atoms with E-state index in [9.17, 15) is 9.59 Å². The number of carbonyl (C=O) groups excluding carboxylic acids is 2. The van der Waals surface area contributed by atoms with E-state index in [4.69, 9.17) is 0 Å². The van der Waals surface area contributed by atoms with Gasteiger partial charge in [0.25, 0.3) is 0 Å². The number of benzene rings is 2. The highest BCUT2D eigenvalue weighted by molar-refractivity contribution is 6.07. The molecule has 2 aromatic rings. The van der Waals surface area contributed by atoms with Crippen LogP contribution in [0.5, 0.6) is 0 Å². The zero-order chi connectivity index (χ0) is 25.8. The van der Waals surface area contributed by atoms with Crippen LogP contribution in [0.2, 0.25) is 0 Å². The maximum Gasteiger partial charge on any atom is 0.228 e.